The Bertz CT molecular complexity index is 559. The summed E-state index contributed by atoms with van der Waals surface area (Å²) in [7, 11) is 0. The molecular weight excluding hydrogens is 339 g/mol. The highest BCUT2D eigenvalue weighted by molar-refractivity contribution is 6.31. The minimum Gasteiger partial charge on any atom is -0.353 e. The lowest BCUT2D eigenvalue weighted by Gasteiger charge is -2.32. The van der Waals surface area contributed by atoms with Crippen molar-refractivity contribution < 1.29 is 9.18 Å². The summed E-state index contributed by atoms with van der Waals surface area (Å²) in [4.78, 5) is 14.7. The number of carbonyl (C=O) groups excluding carboxylic acids is 1. The minimum atomic E-state index is -0.249. The van der Waals surface area contributed by atoms with Crippen LogP contribution in [0.5, 0.6) is 0 Å². The van der Waals surface area contributed by atoms with Crippen LogP contribution in [0.3, 0.4) is 0 Å². The lowest BCUT2D eigenvalue weighted by atomic mass is 9.94. The normalized spacial score (nSPS) is 21.0. The molecule has 1 saturated carbocycles. The highest BCUT2D eigenvalue weighted by Crippen LogP contribution is 2.25. The van der Waals surface area contributed by atoms with Crippen LogP contribution in [0.4, 0.5) is 4.39 Å². The minimum absolute atomic E-state index is 0.0931. The van der Waals surface area contributed by atoms with Crippen molar-refractivity contribution in [3.05, 3.63) is 34.6 Å². The molecule has 2 aliphatic rings. The average molecular weight is 367 g/mol. The van der Waals surface area contributed by atoms with Crippen LogP contribution in [0.1, 0.15) is 56.9 Å². The molecule has 0 aromatic heterocycles. The van der Waals surface area contributed by atoms with E-state index < -0.39 is 0 Å². The van der Waals surface area contributed by atoms with Crippen LogP contribution >= 0.6 is 11.6 Å². The Morgan fingerprint density at radius 1 is 1.12 bits per heavy atom. The molecule has 1 aliphatic heterocycles. The van der Waals surface area contributed by atoms with E-state index in [1.807, 2.05) is 0 Å². The van der Waals surface area contributed by atoms with Crippen molar-refractivity contribution in [3.63, 3.8) is 0 Å². The fourth-order valence-corrected chi connectivity index (χ4v) is 4.23. The third-order valence-corrected chi connectivity index (χ3v) is 5.96. The van der Waals surface area contributed by atoms with Crippen LogP contribution in [0.15, 0.2) is 18.2 Å². The monoisotopic (exact) mass is 366 g/mol. The molecule has 25 heavy (non-hydrogen) atoms. The van der Waals surface area contributed by atoms with Gasteiger partial charge in [0.1, 0.15) is 5.82 Å². The summed E-state index contributed by atoms with van der Waals surface area (Å²) in [5, 5.41) is 3.75. The fourth-order valence-electron chi connectivity index (χ4n) is 4.00. The first-order valence-corrected chi connectivity index (χ1v) is 9.97. The number of carbonyl (C=O) groups is 1. The Morgan fingerprint density at radius 3 is 2.44 bits per heavy atom. The Kier molecular flexibility index (Phi) is 6.71. The molecule has 1 aromatic rings. The number of piperidine rings is 1. The van der Waals surface area contributed by atoms with Crippen molar-refractivity contribution in [1.82, 2.24) is 10.2 Å². The van der Waals surface area contributed by atoms with Gasteiger partial charge in [-0.05, 0) is 50.9 Å². The Balaban J connectivity index is 1.47. The zero-order valence-corrected chi connectivity index (χ0v) is 15.5. The van der Waals surface area contributed by atoms with Gasteiger partial charge in [0, 0.05) is 29.1 Å². The van der Waals surface area contributed by atoms with Gasteiger partial charge in [-0.15, -0.1) is 0 Å². The van der Waals surface area contributed by atoms with Crippen molar-refractivity contribution in [1.29, 1.82) is 0 Å². The Morgan fingerprint density at radius 2 is 1.80 bits per heavy atom. The van der Waals surface area contributed by atoms with Crippen molar-refractivity contribution >= 4 is 17.5 Å². The van der Waals surface area contributed by atoms with Gasteiger partial charge in [-0.3, -0.25) is 9.69 Å². The van der Waals surface area contributed by atoms with E-state index in [1.54, 1.807) is 12.1 Å². The first-order valence-electron chi connectivity index (χ1n) is 9.59. The van der Waals surface area contributed by atoms with Crippen molar-refractivity contribution in [2.45, 2.75) is 64.0 Å². The van der Waals surface area contributed by atoms with Crippen LogP contribution in [-0.4, -0.2) is 29.9 Å². The number of hydrogen-bond donors (Lipinski definition) is 1. The van der Waals surface area contributed by atoms with Crippen LogP contribution in [0, 0.1) is 11.7 Å². The topological polar surface area (TPSA) is 32.3 Å². The summed E-state index contributed by atoms with van der Waals surface area (Å²) in [5.41, 5.74) is 0.561. The maximum atomic E-state index is 13.9. The molecule has 1 N–H and O–H groups in total. The molecule has 3 nitrogen and oxygen atoms in total. The molecule has 1 saturated heterocycles. The highest BCUT2D eigenvalue weighted by Gasteiger charge is 2.27. The third kappa shape index (κ3) is 5.18. The standard InChI is InChI=1S/C20H28ClFN2O/c21-18-8-5-9-19(22)17(18)14-24-12-10-15(11-13-24)20(25)23-16-6-3-1-2-4-7-16/h5,8-9,15-16H,1-4,6-7,10-14H2,(H,23,25). The summed E-state index contributed by atoms with van der Waals surface area (Å²) < 4.78 is 13.9. The van der Waals surface area contributed by atoms with Gasteiger partial charge < -0.3 is 5.32 Å². The zero-order valence-electron chi connectivity index (χ0n) is 14.8. The van der Waals surface area contributed by atoms with E-state index in [-0.39, 0.29) is 17.6 Å². The predicted octanol–water partition coefficient (Wildman–Crippen LogP) is 4.53. The second-order valence-electron chi connectivity index (χ2n) is 7.45. The predicted molar refractivity (Wildman–Crippen MR) is 99.0 cm³/mol. The average Bonchev–Trinajstić information content (AvgIpc) is 2.87. The van der Waals surface area contributed by atoms with E-state index in [0.717, 1.165) is 38.8 Å². The van der Waals surface area contributed by atoms with Crippen LogP contribution in [0.25, 0.3) is 0 Å². The fraction of sp³-hybridized carbons (Fsp3) is 0.650. The number of halogens is 2. The number of rotatable bonds is 4. The van der Waals surface area contributed by atoms with Gasteiger partial charge in [0.15, 0.2) is 0 Å². The van der Waals surface area contributed by atoms with Gasteiger partial charge in [0.25, 0.3) is 0 Å². The van der Waals surface area contributed by atoms with Crippen molar-refractivity contribution in [2.75, 3.05) is 13.1 Å². The summed E-state index contributed by atoms with van der Waals surface area (Å²) >= 11 is 6.12. The van der Waals surface area contributed by atoms with E-state index in [0.29, 0.717) is 23.2 Å². The molecule has 3 rings (SSSR count). The molecule has 1 heterocycles. The SMILES string of the molecule is O=C(NC1CCCCCC1)C1CCN(Cc2c(F)cccc2Cl)CC1. The van der Waals surface area contributed by atoms with E-state index in [1.165, 1.54) is 31.7 Å². The highest BCUT2D eigenvalue weighted by atomic mass is 35.5. The summed E-state index contributed by atoms with van der Waals surface area (Å²) in [6, 6.07) is 5.18. The van der Waals surface area contributed by atoms with Gasteiger partial charge in [-0.25, -0.2) is 4.39 Å². The molecule has 0 bridgehead atoms. The molecule has 1 amide bonds. The molecule has 0 radical (unpaired) electrons. The number of benzene rings is 1. The van der Waals surface area contributed by atoms with Gasteiger partial charge in [-0.1, -0.05) is 43.4 Å². The molecule has 2 fully saturated rings. The van der Waals surface area contributed by atoms with Crippen molar-refractivity contribution in [3.8, 4) is 0 Å². The van der Waals surface area contributed by atoms with Gasteiger partial charge in [0.2, 0.25) is 5.91 Å². The number of hydrogen-bond acceptors (Lipinski definition) is 2. The molecule has 0 spiro atoms. The molecule has 0 unspecified atom stereocenters. The zero-order chi connectivity index (χ0) is 17.6. The molecule has 0 atom stereocenters. The maximum absolute atomic E-state index is 13.9. The van der Waals surface area contributed by atoms with E-state index in [9.17, 15) is 9.18 Å². The molecule has 138 valence electrons. The second-order valence-corrected chi connectivity index (χ2v) is 7.85. The first kappa shape index (κ1) is 18.7. The summed E-state index contributed by atoms with van der Waals surface area (Å²) in [5.74, 6) is 0.0619. The third-order valence-electron chi connectivity index (χ3n) is 5.60. The van der Waals surface area contributed by atoms with Crippen LogP contribution in [-0.2, 0) is 11.3 Å². The number of nitrogens with one attached hydrogen (secondary N) is 1. The lowest BCUT2D eigenvalue weighted by Crippen LogP contribution is -2.43. The van der Waals surface area contributed by atoms with Gasteiger partial charge >= 0.3 is 0 Å². The Hall–Kier alpha value is -1.13. The largest absolute Gasteiger partial charge is 0.353 e. The van der Waals surface area contributed by atoms with E-state index >= 15 is 0 Å². The molecular formula is C20H28ClFN2O. The van der Waals surface area contributed by atoms with Crippen LogP contribution in [0.2, 0.25) is 5.02 Å². The first-order chi connectivity index (χ1) is 12.1. The number of amides is 1. The van der Waals surface area contributed by atoms with Crippen LogP contribution < -0.4 is 5.32 Å². The quantitative estimate of drug-likeness (QED) is 0.794. The van der Waals surface area contributed by atoms with Gasteiger partial charge in [-0.2, -0.15) is 0 Å². The van der Waals surface area contributed by atoms with Gasteiger partial charge in [0.05, 0.1) is 0 Å². The lowest BCUT2D eigenvalue weighted by molar-refractivity contribution is -0.127. The molecule has 1 aliphatic carbocycles. The summed E-state index contributed by atoms with van der Waals surface area (Å²) in [6.45, 7) is 2.14. The van der Waals surface area contributed by atoms with E-state index in [2.05, 4.69) is 10.2 Å². The number of nitrogens with zero attached hydrogens (tertiary/aromatic N) is 1. The van der Waals surface area contributed by atoms with E-state index in [4.69, 9.17) is 11.6 Å². The number of likely N-dealkylation sites (tertiary alicyclic amines) is 1. The summed E-state index contributed by atoms with van der Waals surface area (Å²) in [6.07, 6.45) is 8.97. The van der Waals surface area contributed by atoms with Crippen molar-refractivity contribution in [2.24, 2.45) is 5.92 Å². The smallest absolute Gasteiger partial charge is 0.223 e. The molecule has 5 heteroatoms. The second kappa shape index (κ2) is 9.00. The molecule has 1 aromatic carbocycles. The maximum Gasteiger partial charge on any atom is 0.223 e. The Labute approximate surface area is 154 Å².